The van der Waals surface area contributed by atoms with Gasteiger partial charge in [-0.3, -0.25) is 9.80 Å². The topological polar surface area (TPSA) is 38.7 Å². The predicted molar refractivity (Wildman–Crippen MR) is 173 cm³/mol. The quantitative estimate of drug-likeness (QED) is 0.221. The predicted octanol–water partition coefficient (Wildman–Crippen LogP) is 9.25. The third-order valence-electron chi connectivity index (χ3n) is 8.22. The van der Waals surface area contributed by atoms with Gasteiger partial charge in [-0.15, -0.1) is 0 Å². The van der Waals surface area contributed by atoms with Crippen LogP contribution in [0.15, 0.2) is 134 Å². The molecule has 0 atom stereocenters. The van der Waals surface area contributed by atoms with E-state index >= 15 is 0 Å². The summed E-state index contributed by atoms with van der Waals surface area (Å²) in [6.45, 7) is 0. The van der Waals surface area contributed by atoms with E-state index in [9.17, 15) is 0 Å². The molecule has 0 saturated carbocycles. The maximum absolute atomic E-state index is 5.04. The Kier molecular flexibility index (Phi) is 5.47. The van der Waals surface area contributed by atoms with Gasteiger partial charge in [0.1, 0.15) is 11.6 Å². The molecule has 2 aromatic heterocycles. The first-order chi connectivity index (χ1) is 20.7. The van der Waals surface area contributed by atoms with E-state index in [0.717, 1.165) is 68.3 Å². The molecule has 0 N–H and O–H groups in total. The second-order valence-electron chi connectivity index (χ2n) is 10.5. The lowest BCUT2D eigenvalue weighted by Crippen LogP contribution is -2.26. The highest BCUT2D eigenvalue weighted by Crippen LogP contribution is 2.54. The summed E-state index contributed by atoms with van der Waals surface area (Å²) >= 11 is 0. The SMILES string of the molecule is CN1c2ccccc2N(c2ncccc2-c2cccnc2N2c3ccccc3N(C)c3ccccc32)c2ccccc21. The molecule has 0 unspecified atom stereocenters. The molecule has 4 aromatic carbocycles. The minimum absolute atomic E-state index is 0.857. The lowest BCUT2D eigenvalue weighted by Gasteiger charge is -2.39. The van der Waals surface area contributed by atoms with Crippen molar-refractivity contribution in [2.45, 2.75) is 0 Å². The lowest BCUT2D eigenvalue weighted by molar-refractivity contribution is 1.09. The number of pyridine rings is 2. The number of benzene rings is 4. The first kappa shape index (κ1) is 24.2. The highest BCUT2D eigenvalue weighted by atomic mass is 15.3. The van der Waals surface area contributed by atoms with Crippen LogP contribution in [0, 0.1) is 0 Å². The standard InChI is InChI=1S/C36H28N6/c1-39-27-15-3-7-19-31(27)41(32-20-8-4-16-28(32)39)35-25(13-11-23-37-35)26-14-12-24-38-36(26)42-33-21-9-5-17-29(33)40(2)30-18-6-10-22-34(30)42/h3-24H,1-2H3. The number of rotatable bonds is 3. The fourth-order valence-electron chi connectivity index (χ4n) is 6.29. The van der Waals surface area contributed by atoms with E-state index in [4.69, 9.17) is 9.97 Å². The summed E-state index contributed by atoms with van der Waals surface area (Å²) in [5, 5.41) is 0. The van der Waals surface area contributed by atoms with Crippen molar-refractivity contribution >= 4 is 57.1 Å². The van der Waals surface area contributed by atoms with Crippen molar-refractivity contribution < 1.29 is 0 Å². The summed E-state index contributed by atoms with van der Waals surface area (Å²) in [6, 6.07) is 42.3. The molecule has 4 heterocycles. The van der Waals surface area contributed by atoms with Crippen LogP contribution in [0.1, 0.15) is 0 Å². The van der Waals surface area contributed by atoms with Crippen LogP contribution in [0.3, 0.4) is 0 Å². The molecule has 0 aliphatic carbocycles. The summed E-state index contributed by atoms with van der Waals surface area (Å²) in [6.07, 6.45) is 3.75. The van der Waals surface area contributed by atoms with Crippen LogP contribution in [-0.4, -0.2) is 24.1 Å². The van der Waals surface area contributed by atoms with Gasteiger partial charge in [-0.2, -0.15) is 0 Å². The van der Waals surface area contributed by atoms with Crippen LogP contribution < -0.4 is 19.6 Å². The number of aromatic nitrogens is 2. The smallest absolute Gasteiger partial charge is 0.145 e. The fraction of sp³-hybridized carbons (Fsp3) is 0.0556. The van der Waals surface area contributed by atoms with Gasteiger partial charge in [0.05, 0.1) is 45.5 Å². The second-order valence-corrected chi connectivity index (χ2v) is 10.5. The zero-order valence-electron chi connectivity index (χ0n) is 23.4. The van der Waals surface area contributed by atoms with Gasteiger partial charge in [-0.1, -0.05) is 48.5 Å². The molecule has 42 heavy (non-hydrogen) atoms. The van der Waals surface area contributed by atoms with Crippen molar-refractivity contribution in [3.63, 3.8) is 0 Å². The van der Waals surface area contributed by atoms with E-state index in [1.54, 1.807) is 0 Å². The van der Waals surface area contributed by atoms with E-state index in [0.29, 0.717) is 0 Å². The van der Waals surface area contributed by atoms with E-state index < -0.39 is 0 Å². The third-order valence-corrected chi connectivity index (χ3v) is 8.22. The number of anilines is 10. The minimum atomic E-state index is 0.857. The van der Waals surface area contributed by atoms with Gasteiger partial charge in [0, 0.05) is 37.6 Å². The highest BCUT2D eigenvalue weighted by molar-refractivity contribution is 6.03. The monoisotopic (exact) mass is 544 g/mol. The molecule has 0 bridgehead atoms. The summed E-state index contributed by atoms with van der Waals surface area (Å²) in [5.74, 6) is 1.71. The number of hydrogen-bond acceptors (Lipinski definition) is 6. The molecular formula is C36H28N6. The van der Waals surface area contributed by atoms with Gasteiger partial charge in [-0.05, 0) is 72.8 Å². The Balaban J connectivity index is 1.37. The molecule has 0 radical (unpaired) electrons. The molecule has 0 amide bonds. The zero-order chi connectivity index (χ0) is 28.2. The average molecular weight is 545 g/mol. The molecule has 0 saturated heterocycles. The van der Waals surface area contributed by atoms with Crippen molar-refractivity contribution in [1.82, 2.24) is 9.97 Å². The highest BCUT2D eigenvalue weighted by Gasteiger charge is 2.32. The number of hydrogen-bond donors (Lipinski definition) is 0. The second kappa shape index (κ2) is 9.49. The Bertz CT molecular complexity index is 1730. The Hall–Kier alpha value is -5.62. The lowest BCUT2D eigenvalue weighted by atomic mass is 10.0. The summed E-state index contributed by atoms with van der Waals surface area (Å²) in [5.41, 5.74) is 10.8. The molecular weight excluding hydrogens is 516 g/mol. The Labute approximate surface area is 245 Å². The van der Waals surface area contributed by atoms with Crippen LogP contribution >= 0.6 is 0 Å². The van der Waals surface area contributed by atoms with E-state index in [-0.39, 0.29) is 0 Å². The molecule has 2 aliphatic heterocycles. The van der Waals surface area contributed by atoms with E-state index in [2.05, 4.69) is 143 Å². The largest absolute Gasteiger partial charge is 0.341 e. The maximum atomic E-state index is 5.04. The van der Waals surface area contributed by atoms with Gasteiger partial charge in [-0.25, -0.2) is 9.97 Å². The van der Waals surface area contributed by atoms with Gasteiger partial charge in [0.25, 0.3) is 0 Å². The molecule has 0 spiro atoms. The van der Waals surface area contributed by atoms with Gasteiger partial charge in [0.2, 0.25) is 0 Å². The normalized spacial score (nSPS) is 13.3. The third kappa shape index (κ3) is 3.52. The Morgan fingerprint density at radius 3 is 0.952 bits per heavy atom. The van der Waals surface area contributed by atoms with Crippen molar-refractivity contribution in [2.24, 2.45) is 0 Å². The zero-order valence-corrected chi connectivity index (χ0v) is 23.4. The Morgan fingerprint density at radius 1 is 0.357 bits per heavy atom. The van der Waals surface area contributed by atoms with Gasteiger partial charge < -0.3 is 9.80 Å². The summed E-state index contributed by atoms with van der Waals surface area (Å²) in [7, 11) is 4.24. The van der Waals surface area contributed by atoms with Gasteiger partial charge in [0.15, 0.2) is 0 Å². The number of nitrogens with zero attached hydrogens (tertiary/aromatic N) is 6. The van der Waals surface area contributed by atoms with Crippen molar-refractivity contribution in [1.29, 1.82) is 0 Å². The van der Waals surface area contributed by atoms with E-state index in [1.165, 1.54) is 0 Å². The summed E-state index contributed by atoms with van der Waals surface area (Å²) < 4.78 is 0. The van der Waals surface area contributed by atoms with Crippen molar-refractivity contribution in [3.05, 3.63) is 134 Å². The molecule has 0 fully saturated rings. The summed E-state index contributed by atoms with van der Waals surface area (Å²) in [4.78, 5) is 19.1. The molecule has 8 rings (SSSR count). The van der Waals surface area contributed by atoms with Crippen molar-refractivity contribution in [3.8, 4) is 11.1 Å². The first-order valence-corrected chi connectivity index (χ1v) is 14.1. The average Bonchev–Trinajstić information content (AvgIpc) is 3.06. The minimum Gasteiger partial charge on any atom is -0.341 e. The molecule has 6 aromatic rings. The van der Waals surface area contributed by atoms with Gasteiger partial charge >= 0.3 is 0 Å². The van der Waals surface area contributed by atoms with E-state index in [1.807, 2.05) is 24.5 Å². The molecule has 6 heteroatoms. The number of fused-ring (bicyclic) bond motifs is 4. The van der Waals surface area contributed by atoms with Crippen LogP contribution in [0.25, 0.3) is 11.1 Å². The number of para-hydroxylation sites is 8. The van der Waals surface area contributed by atoms with Crippen LogP contribution in [0.2, 0.25) is 0 Å². The molecule has 2 aliphatic rings. The van der Waals surface area contributed by atoms with Crippen LogP contribution in [-0.2, 0) is 0 Å². The van der Waals surface area contributed by atoms with Crippen LogP contribution in [0.5, 0.6) is 0 Å². The fourth-order valence-corrected chi connectivity index (χ4v) is 6.29. The molecule has 6 nitrogen and oxygen atoms in total. The Morgan fingerprint density at radius 2 is 0.643 bits per heavy atom. The van der Waals surface area contributed by atoms with Crippen LogP contribution in [0.4, 0.5) is 57.1 Å². The van der Waals surface area contributed by atoms with Crippen molar-refractivity contribution in [2.75, 3.05) is 33.7 Å². The maximum Gasteiger partial charge on any atom is 0.145 e. The first-order valence-electron chi connectivity index (χ1n) is 14.1. The molecule has 202 valence electrons.